The molecule has 6 nitrogen and oxygen atoms in total. The largest absolute Gasteiger partial charge is 0.368 e. The summed E-state index contributed by atoms with van der Waals surface area (Å²) >= 11 is 0. The number of nitrogens with zero attached hydrogens (tertiary/aromatic N) is 3. The summed E-state index contributed by atoms with van der Waals surface area (Å²) in [5.74, 6) is -0.313. The number of piperazine rings is 1. The van der Waals surface area contributed by atoms with Gasteiger partial charge < -0.3 is 15.5 Å². The van der Waals surface area contributed by atoms with Gasteiger partial charge in [-0.2, -0.15) is 0 Å². The molecule has 1 aromatic carbocycles. The van der Waals surface area contributed by atoms with Gasteiger partial charge in [0.15, 0.2) is 0 Å². The lowest BCUT2D eigenvalue weighted by atomic mass is 10.1. The van der Waals surface area contributed by atoms with Crippen LogP contribution in [0.3, 0.4) is 0 Å². The number of pyridine rings is 1. The lowest BCUT2D eigenvalue weighted by molar-refractivity contribution is 0.588. The minimum Gasteiger partial charge on any atom is -0.368 e. The molecule has 0 bridgehead atoms. The van der Waals surface area contributed by atoms with Gasteiger partial charge in [0.2, 0.25) is 0 Å². The van der Waals surface area contributed by atoms with Crippen molar-refractivity contribution in [1.29, 1.82) is 0 Å². The molecule has 7 heteroatoms. The van der Waals surface area contributed by atoms with Crippen LogP contribution in [0.4, 0.5) is 10.1 Å². The zero-order valence-corrected chi connectivity index (χ0v) is 14.8. The first-order valence-electron chi connectivity index (χ1n) is 9.21. The second kappa shape index (κ2) is 6.44. The summed E-state index contributed by atoms with van der Waals surface area (Å²) < 4.78 is 15.6. The Morgan fingerprint density at radius 3 is 2.70 bits per heavy atom. The zero-order valence-electron chi connectivity index (χ0n) is 14.8. The highest BCUT2D eigenvalue weighted by Crippen LogP contribution is 2.27. The molecule has 2 aliphatic heterocycles. The maximum absolute atomic E-state index is 14.0. The summed E-state index contributed by atoms with van der Waals surface area (Å²) in [5.41, 5.74) is 3.42. The van der Waals surface area contributed by atoms with Crippen molar-refractivity contribution in [3.05, 3.63) is 64.3 Å². The van der Waals surface area contributed by atoms with Gasteiger partial charge in [-0.1, -0.05) is 0 Å². The molecule has 27 heavy (non-hydrogen) atoms. The molecule has 0 spiro atoms. The van der Waals surface area contributed by atoms with Gasteiger partial charge >= 0.3 is 0 Å². The highest BCUT2D eigenvalue weighted by atomic mass is 19.1. The van der Waals surface area contributed by atoms with E-state index in [0.29, 0.717) is 16.9 Å². The monoisotopic (exact) mass is 365 g/mol. The van der Waals surface area contributed by atoms with Crippen molar-refractivity contribution in [2.24, 2.45) is 0 Å². The molecular weight excluding hydrogens is 345 g/mol. The molecule has 138 valence electrons. The van der Waals surface area contributed by atoms with Crippen molar-refractivity contribution in [2.45, 2.75) is 6.04 Å². The summed E-state index contributed by atoms with van der Waals surface area (Å²) in [6.45, 7) is 4.54. The molecule has 2 aromatic heterocycles. The third kappa shape index (κ3) is 3.20. The summed E-state index contributed by atoms with van der Waals surface area (Å²) in [6.07, 6.45) is 1.84. The van der Waals surface area contributed by atoms with Crippen LogP contribution in [0.25, 0.3) is 16.9 Å². The average molecular weight is 365 g/mol. The molecule has 1 unspecified atom stereocenters. The van der Waals surface area contributed by atoms with E-state index in [-0.39, 0.29) is 17.4 Å². The molecule has 2 saturated heterocycles. The Hall–Kier alpha value is -2.77. The summed E-state index contributed by atoms with van der Waals surface area (Å²) in [5, 5.41) is 6.50. The van der Waals surface area contributed by atoms with Crippen molar-refractivity contribution in [3.63, 3.8) is 0 Å². The first-order valence-corrected chi connectivity index (χ1v) is 9.21. The van der Waals surface area contributed by atoms with Crippen LogP contribution in [0.5, 0.6) is 0 Å². The van der Waals surface area contributed by atoms with E-state index in [1.807, 2.05) is 24.4 Å². The van der Waals surface area contributed by atoms with Gasteiger partial charge in [-0.25, -0.2) is 9.37 Å². The fourth-order valence-corrected chi connectivity index (χ4v) is 3.61. The van der Waals surface area contributed by atoms with Crippen LogP contribution < -0.4 is 21.1 Å². The van der Waals surface area contributed by atoms with E-state index in [1.54, 1.807) is 4.40 Å². The fourth-order valence-electron chi connectivity index (χ4n) is 3.61. The Kier molecular flexibility index (Phi) is 3.91. The lowest BCUT2D eigenvalue weighted by Crippen LogP contribution is -2.43. The Morgan fingerprint density at radius 1 is 1.11 bits per heavy atom. The molecular formula is C20H20FN5O. The Morgan fingerprint density at radius 2 is 1.93 bits per heavy atom. The van der Waals surface area contributed by atoms with Gasteiger partial charge in [-0.15, -0.1) is 0 Å². The van der Waals surface area contributed by atoms with Gasteiger partial charge in [0.05, 0.1) is 11.4 Å². The van der Waals surface area contributed by atoms with Gasteiger partial charge in [0.1, 0.15) is 11.5 Å². The van der Waals surface area contributed by atoms with E-state index in [4.69, 9.17) is 0 Å². The predicted molar refractivity (Wildman–Crippen MR) is 103 cm³/mol. The number of anilines is 1. The Balaban J connectivity index is 1.56. The van der Waals surface area contributed by atoms with E-state index < -0.39 is 0 Å². The molecule has 0 aliphatic carbocycles. The van der Waals surface area contributed by atoms with Gasteiger partial charge in [0, 0.05) is 56.6 Å². The molecule has 1 atom stereocenters. The SMILES string of the molecule is O=c1cc(-c2cc(F)cc(C3CN3)c2)nc2ccc(N3CCNCC3)cn12. The number of halogens is 1. The van der Waals surface area contributed by atoms with Crippen molar-refractivity contribution >= 4 is 11.3 Å². The van der Waals surface area contributed by atoms with Crippen molar-refractivity contribution in [1.82, 2.24) is 20.0 Å². The zero-order chi connectivity index (χ0) is 18.4. The quantitative estimate of drug-likeness (QED) is 0.689. The number of rotatable bonds is 3. The number of fused-ring (bicyclic) bond motifs is 1. The Bertz CT molecular complexity index is 1070. The molecule has 2 fully saturated rings. The first-order chi connectivity index (χ1) is 13.2. The first kappa shape index (κ1) is 16.4. The summed E-state index contributed by atoms with van der Waals surface area (Å²) in [4.78, 5) is 19.6. The molecule has 2 N–H and O–H groups in total. The maximum atomic E-state index is 14.0. The number of hydrogen-bond donors (Lipinski definition) is 2. The molecule has 4 heterocycles. The number of benzene rings is 1. The third-order valence-corrected chi connectivity index (χ3v) is 5.15. The van der Waals surface area contributed by atoms with Gasteiger partial charge in [-0.05, 0) is 35.9 Å². The second-order valence-electron chi connectivity index (χ2n) is 7.07. The van der Waals surface area contributed by atoms with E-state index in [2.05, 4.69) is 20.5 Å². The van der Waals surface area contributed by atoms with E-state index in [0.717, 1.165) is 44.0 Å². The number of hydrogen-bond acceptors (Lipinski definition) is 5. The van der Waals surface area contributed by atoms with Crippen molar-refractivity contribution in [2.75, 3.05) is 37.6 Å². The third-order valence-electron chi connectivity index (χ3n) is 5.15. The van der Waals surface area contributed by atoms with Crippen LogP contribution in [0, 0.1) is 5.82 Å². The topological polar surface area (TPSA) is 71.6 Å². The van der Waals surface area contributed by atoms with Crippen LogP contribution in [-0.4, -0.2) is 42.1 Å². The molecule has 5 rings (SSSR count). The minimum absolute atomic E-state index is 0.164. The minimum atomic E-state index is -0.313. The maximum Gasteiger partial charge on any atom is 0.258 e. The highest BCUT2D eigenvalue weighted by molar-refractivity contribution is 5.64. The average Bonchev–Trinajstić information content (AvgIpc) is 3.53. The molecule has 0 amide bonds. The van der Waals surface area contributed by atoms with E-state index in [9.17, 15) is 9.18 Å². The standard InChI is InChI=1S/C20H20FN5O/c21-15-8-13(7-14(9-15)18-11-23-18)17-10-20(27)26-12-16(1-2-19(26)24-17)25-5-3-22-4-6-25/h1-2,7-10,12,18,22-23H,3-6,11H2. The van der Waals surface area contributed by atoms with Crippen LogP contribution in [0.2, 0.25) is 0 Å². The second-order valence-corrected chi connectivity index (χ2v) is 7.07. The van der Waals surface area contributed by atoms with E-state index >= 15 is 0 Å². The summed E-state index contributed by atoms with van der Waals surface area (Å²) in [6, 6.07) is 10.4. The normalized spacial score (nSPS) is 19.4. The van der Waals surface area contributed by atoms with Gasteiger partial charge in [0.25, 0.3) is 5.56 Å². The van der Waals surface area contributed by atoms with Crippen LogP contribution in [0.1, 0.15) is 11.6 Å². The van der Waals surface area contributed by atoms with Crippen molar-refractivity contribution < 1.29 is 4.39 Å². The molecule has 2 aliphatic rings. The van der Waals surface area contributed by atoms with Crippen LogP contribution in [0.15, 0.2) is 47.4 Å². The van der Waals surface area contributed by atoms with E-state index in [1.165, 1.54) is 18.2 Å². The van der Waals surface area contributed by atoms with Crippen LogP contribution >= 0.6 is 0 Å². The Labute approximate surface area is 155 Å². The van der Waals surface area contributed by atoms with Crippen molar-refractivity contribution in [3.8, 4) is 11.3 Å². The molecule has 3 aromatic rings. The number of nitrogens with one attached hydrogen (secondary N) is 2. The van der Waals surface area contributed by atoms with Gasteiger partial charge in [-0.3, -0.25) is 9.20 Å². The lowest BCUT2D eigenvalue weighted by Gasteiger charge is -2.29. The van der Waals surface area contributed by atoms with Crippen LogP contribution in [-0.2, 0) is 0 Å². The predicted octanol–water partition coefficient (Wildman–Crippen LogP) is 1.55. The smallest absolute Gasteiger partial charge is 0.258 e. The summed E-state index contributed by atoms with van der Waals surface area (Å²) in [7, 11) is 0. The molecule has 0 saturated carbocycles. The highest BCUT2D eigenvalue weighted by Gasteiger charge is 2.23. The number of aromatic nitrogens is 2. The molecule has 0 radical (unpaired) electrons. The fraction of sp³-hybridized carbons (Fsp3) is 0.300.